The summed E-state index contributed by atoms with van der Waals surface area (Å²) < 4.78 is 14.8. The smallest absolute Gasteiger partial charge is 0.411 e. The van der Waals surface area contributed by atoms with Crippen molar-refractivity contribution in [1.82, 2.24) is 10.2 Å². The van der Waals surface area contributed by atoms with E-state index in [9.17, 15) is 14.0 Å². The van der Waals surface area contributed by atoms with Gasteiger partial charge in [-0.1, -0.05) is 12.1 Å². The number of aliphatic imine (C=N–C) groups is 1. The molecule has 1 aromatic carbocycles. The molecule has 2 aliphatic heterocycles. The van der Waals surface area contributed by atoms with Gasteiger partial charge in [-0.25, -0.2) is 14.2 Å². The molecule has 2 heterocycles. The van der Waals surface area contributed by atoms with Crippen LogP contribution in [0.3, 0.4) is 0 Å². The zero-order valence-corrected chi connectivity index (χ0v) is 15.9. The SMILES string of the molecule is CC(=O)N1CCC(C2CN(c3cccc(CN=C(N)NC(=O)O)c3F)C2)CC1. The Kier molecular flexibility index (Phi) is 6.01. The van der Waals surface area contributed by atoms with Gasteiger partial charge in [-0.2, -0.15) is 0 Å². The van der Waals surface area contributed by atoms with Crippen molar-refractivity contribution in [2.45, 2.75) is 26.3 Å². The van der Waals surface area contributed by atoms with Crippen LogP contribution in [0.4, 0.5) is 14.9 Å². The van der Waals surface area contributed by atoms with E-state index >= 15 is 0 Å². The third-order valence-corrected chi connectivity index (χ3v) is 5.62. The summed E-state index contributed by atoms with van der Waals surface area (Å²) in [4.78, 5) is 29.7. The third-order valence-electron chi connectivity index (χ3n) is 5.62. The van der Waals surface area contributed by atoms with E-state index in [1.807, 2.05) is 15.1 Å². The number of hydrogen-bond donors (Lipinski definition) is 3. The van der Waals surface area contributed by atoms with Gasteiger partial charge < -0.3 is 20.6 Å². The van der Waals surface area contributed by atoms with Crippen LogP contribution in [0.5, 0.6) is 0 Å². The Bertz CT molecular complexity index is 771. The zero-order valence-electron chi connectivity index (χ0n) is 15.9. The van der Waals surface area contributed by atoms with Gasteiger partial charge in [0.2, 0.25) is 5.91 Å². The van der Waals surface area contributed by atoms with E-state index < -0.39 is 6.09 Å². The zero-order chi connectivity index (χ0) is 20.3. The topological polar surface area (TPSA) is 111 Å². The maximum atomic E-state index is 14.8. The molecule has 9 heteroatoms. The van der Waals surface area contributed by atoms with Crippen LogP contribution in [-0.4, -0.2) is 54.1 Å². The number of amides is 2. The number of carbonyl (C=O) groups is 2. The Balaban J connectivity index is 1.56. The lowest BCUT2D eigenvalue weighted by atomic mass is 9.79. The first-order valence-electron chi connectivity index (χ1n) is 9.43. The van der Waals surface area contributed by atoms with Crippen molar-refractivity contribution in [3.05, 3.63) is 29.6 Å². The fourth-order valence-electron chi connectivity index (χ4n) is 3.95. The van der Waals surface area contributed by atoms with Crippen LogP contribution in [0.1, 0.15) is 25.3 Å². The number of benzene rings is 1. The number of likely N-dealkylation sites (tertiary alicyclic amines) is 1. The van der Waals surface area contributed by atoms with Crippen LogP contribution in [0, 0.1) is 17.7 Å². The van der Waals surface area contributed by atoms with Crippen LogP contribution in [-0.2, 0) is 11.3 Å². The molecule has 4 N–H and O–H groups in total. The maximum absolute atomic E-state index is 14.8. The monoisotopic (exact) mass is 391 g/mol. The van der Waals surface area contributed by atoms with Gasteiger partial charge in [-0.15, -0.1) is 0 Å². The third kappa shape index (κ3) is 4.52. The van der Waals surface area contributed by atoms with E-state index in [1.54, 1.807) is 25.1 Å². The minimum Gasteiger partial charge on any atom is -0.465 e. The van der Waals surface area contributed by atoms with Gasteiger partial charge >= 0.3 is 6.09 Å². The highest BCUT2D eigenvalue weighted by Crippen LogP contribution is 2.36. The summed E-state index contributed by atoms with van der Waals surface area (Å²) in [7, 11) is 0. The number of nitrogens with zero attached hydrogens (tertiary/aromatic N) is 3. The number of nitrogens with one attached hydrogen (secondary N) is 1. The molecule has 2 aliphatic rings. The van der Waals surface area contributed by atoms with Crippen LogP contribution in [0.2, 0.25) is 0 Å². The Morgan fingerprint density at radius 2 is 1.96 bits per heavy atom. The Morgan fingerprint density at radius 1 is 1.29 bits per heavy atom. The lowest BCUT2D eigenvalue weighted by Crippen LogP contribution is -2.52. The highest BCUT2D eigenvalue weighted by atomic mass is 19.1. The number of piperidine rings is 1. The highest BCUT2D eigenvalue weighted by molar-refractivity contribution is 5.91. The molecule has 28 heavy (non-hydrogen) atoms. The molecule has 1 aromatic rings. The Hall–Kier alpha value is -2.84. The molecule has 2 amide bonds. The van der Waals surface area contributed by atoms with Crippen molar-refractivity contribution in [1.29, 1.82) is 0 Å². The summed E-state index contributed by atoms with van der Waals surface area (Å²) in [5, 5.41) is 10.5. The molecule has 8 nitrogen and oxygen atoms in total. The van der Waals surface area contributed by atoms with Gasteiger partial charge in [-0.05, 0) is 30.7 Å². The molecular formula is C19H26FN5O3. The molecule has 0 saturated carbocycles. The van der Waals surface area contributed by atoms with Crippen LogP contribution < -0.4 is 16.0 Å². The fraction of sp³-hybridized carbons (Fsp3) is 0.526. The summed E-state index contributed by atoms with van der Waals surface area (Å²) in [5.41, 5.74) is 6.34. The van der Waals surface area contributed by atoms with Gasteiger partial charge in [0.1, 0.15) is 0 Å². The minimum atomic E-state index is -1.31. The first-order valence-corrected chi connectivity index (χ1v) is 9.43. The minimum absolute atomic E-state index is 0.0352. The van der Waals surface area contributed by atoms with Crippen molar-refractivity contribution < 1.29 is 19.1 Å². The van der Waals surface area contributed by atoms with E-state index in [0.29, 0.717) is 23.1 Å². The number of nitrogens with two attached hydrogens (primary N) is 1. The number of guanidine groups is 1. The molecular weight excluding hydrogens is 365 g/mol. The van der Waals surface area contributed by atoms with Gasteiger partial charge in [0.05, 0.1) is 12.2 Å². The van der Waals surface area contributed by atoms with E-state index in [4.69, 9.17) is 10.8 Å². The largest absolute Gasteiger partial charge is 0.465 e. The molecule has 0 atom stereocenters. The second-order valence-electron chi connectivity index (χ2n) is 7.39. The second-order valence-corrected chi connectivity index (χ2v) is 7.39. The number of carboxylic acid groups (broad SMARTS) is 1. The van der Waals surface area contributed by atoms with Crippen molar-refractivity contribution in [2.75, 3.05) is 31.1 Å². The van der Waals surface area contributed by atoms with Crippen molar-refractivity contribution in [3.63, 3.8) is 0 Å². The lowest BCUT2D eigenvalue weighted by molar-refractivity contribution is -0.130. The quantitative estimate of drug-likeness (QED) is 0.533. The van der Waals surface area contributed by atoms with Gasteiger partial charge in [-0.3, -0.25) is 10.1 Å². The lowest BCUT2D eigenvalue weighted by Gasteiger charge is -2.47. The highest BCUT2D eigenvalue weighted by Gasteiger charge is 2.36. The summed E-state index contributed by atoms with van der Waals surface area (Å²) in [6.07, 6.45) is 0.701. The first kappa shape index (κ1) is 19.9. The maximum Gasteiger partial charge on any atom is 0.411 e. The number of anilines is 1. The molecule has 0 aromatic heterocycles. The molecule has 3 rings (SSSR count). The van der Waals surface area contributed by atoms with E-state index in [2.05, 4.69) is 4.99 Å². The summed E-state index contributed by atoms with van der Waals surface area (Å²) in [6.45, 7) is 4.80. The van der Waals surface area contributed by atoms with Gasteiger partial charge in [0, 0.05) is 38.7 Å². The molecule has 0 unspecified atom stereocenters. The predicted molar refractivity (Wildman–Crippen MR) is 104 cm³/mol. The van der Waals surface area contributed by atoms with E-state index in [1.165, 1.54) is 0 Å². The predicted octanol–water partition coefficient (Wildman–Crippen LogP) is 1.60. The fourth-order valence-corrected chi connectivity index (χ4v) is 3.95. The van der Waals surface area contributed by atoms with Crippen LogP contribution >= 0.6 is 0 Å². The summed E-state index contributed by atoms with van der Waals surface area (Å²) in [5.74, 6) is 0.613. The van der Waals surface area contributed by atoms with Crippen molar-refractivity contribution in [2.24, 2.45) is 22.6 Å². The average molecular weight is 391 g/mol. The Labute approximate surface area is 163 Å². The van der Waals surface area contributed by atoms with E-state index in [0.717, 1.165) is 39.0 Å². The van der Waals surface area contributed by atoms with Crippen molar-refractivity contribution >= 4 is 23.6 Å². The van der Waals surface area contributed by atoms with E-state index in [-0.39, 0.29) is 24.2 Å². The molecule has 2 saturated heterocycles. The molecule has 2 fully saturated rings. The van der Waals surface area contributed by atoms with Crippen LogP contribution in [0.15, 0.2) is 23.2 Å². The summed E-state index contributed by atoms with van der Waals surface area (Å²) in [6, 6.07) is 5.13. The normalized spacial score (nSPS) is 18.7. The molecule has 152 valence electrons. The molecule has 0 radical (unpaired) electrons. The average Bonchev–Trinajstić information content (AvgIpc) is 2.60. The Morgan fingerprint density at radius 3 is 2.57 bits per heavy atom. The molecule has 0 aliphatic carbocycles. The number of hydrogen-bond acceptors (Lipinski definition) is 4. The van der Waals surface area contributed by atoms with Crippen LogP contribution in [0.25, 0.3) is 0 Å². The van der Waals surface area contributed by atoms with Crippen molar-refractivity contribution in [3.8, 4) is 0 Å². The summed E-state index contributed by atoms with van der Waals surface area (Å²) >= 11 is 0. The first-order chi connectivity index (χ1) is 13.3. The standard InChI is InChI=1S/C19H26FN5O3/c1-12(26)24-7-5-13(6-8-24)15-10-25(11-15)16-4-2-3-14(17(16)20)9-22-18(21)23-19(27)28/h2-4,13,15H,5-11H2,1H3,(H,27,28)(H3,21,22,23). The number of rotatable bonds is 4. The molecule has 0 spiro atoms. The van der Waals surface area contributed by atoms with Gasteiger partial charge in [0.25, 0.3) is 0 Å². The number of halogens is 1. The molecule has 0 bridgehead atoms. The van der Waals surface area contributed by atoms with Gasteiger partial charge in [0.15, 0.2) is 11.8 Å². The number of carbonyl (C=O) groups excluding carboxylic acids is 1. The second kappa shape index (κ2) is 8.45.